The highest BCUT2D eigenvalue weighted by molar-refractivity contribution is 6.38. The second-order valence-electron chi connectivity index (χ2n) is 3.82. The van der Waals surface area contributed by atoms with Crippen LogP contribution in [0.15, 0.2) is 0 Å². The zero-order chi connectivity index (χ0) is 12.1. The summed E-state index contributed by atoms with van der Waals surface area (Å²) in [5, 5.41) is -1.44. The van der Waals surface area contributed by atoms with E-state index < -0.39 is 5.38 Å². The number of hydrogen-bond acceptors (Lipinski definition) is 2. The molecule has 6 heteroatoms. The van der Waals surface area contributed by atoms with Crippen molar-refractivity contribution in [1.29, 1.82) is 0 Å². The van der Waals surface area contributed by atoms with Crippen LogP contribution in [0.5, 0.6) is 0 Å². The van der Waals surface area contributed by atoms with Gasteiger partial charge in [-0.15, -0.1) is 46.4 Å². The highest BCUT2D eigenvalue weighted by Crippen LogP contribution is 2.29. The largest absolute Gasteiger partial charge is 0.466 e. The standard InChI is InChI=1S/C10H14Cl4O2/c11-6-2-1-5-16-8(15)4-3-7(12)10(14)9(6)13/h6-7,9-10H,1-5H2. The van der Waals surface area contributed by atoms with Crippen molar-refractivity contribution in [3.63, 3.8) is 0 Å². The maximum atomic E-state index is 11.2. The van der Waals surface area contributed by atoms with Crippen LogP contribution in [0.3, 0.4) is 0 Å². The second-order valence-corrected chi connectivity index (χ2v) is 5.95. The summed E-state index contributed by atoms with van der Waals surface area (Å²) in [7, 11) is 0. The van der Waals surface area contributed by atoms with Crippen molar-refractivity contribution in [2.24, 2.45) is 0 Å². The van der Waals surface area contributed by atoms with Gasteiger partial charge in [0.05, 0.1) is 28.1 Å². The number of halogens is 4. The molecule has 0 amide bonds. The van der Waals surface area contributed by atoms with Crippen LogP contribution in [0.2, 0.25) is 0 Å². The molecule has 0 radical (unpaired) electrons. The lowest BCUT2D eigenvalue weighted by Gasteiger charge is -2.23. The van der Waals surface area contributed by atoms with Crippen LogP contribution < -0.4 is 0 Å². The number of alkyl halides is 4. The van der Waals surface area contributed by atoms with E-state index in [1.807, 2.05) is 0 Å². The van der Waals surface area contributed by atoms with Gasteiger partial charge in [-0.05, 0) is 19.3 Å². The molecule has 1 fully saturated rings. The van der Waals surface area contributed by atoms with Gasteiger partial charge in [0.1, 0.15) is 0 Å². The van der Waals surface area contributed by atoms with E-state index in [9.17, 15) is 4.79 Å². The lowest BCUT2D eigenvalue weighted by atomic mass is 10.1. The molecule has 1 aliphatic rings. The molecule has 1 rings (SSSR count). The first-order valence-corrected chi connectivity index (χ1v) is 6.99. The molecular formula is C10H14Cl4O2. The van der Waals surface area contributed by atoms with E-state index in [1.165, 1.54) is 0 Å². The normalized spacial score (nSPS) is 38.6. The van der Waals surface area contributed by atoms with Gasteiger partial charge >= 0.3 is 5.97 Å². The summed E-state index contributed by atoms with van der Waals surface area (Å²) in [6.45, 7) is 0.381. The summed E-state index contributed by atoms with van der Waals surface area (Å²) in [4.78, 5) is 11.2. The Bertz CT molecular complexity index is 237. The van der Waals surface area contributed by atoms with Crippen LogP contribution in [-0.4, -0.2) is 34.1 Å². The second kappa shape index (κ2) is 7.15. The molecular weight excluding hydrogens is 294 g/mol. The summed E-state index contributed by atoms with van der Waals surface area (Å²) < 4.78 is 5.00. The first kappa shape index (κ1) is 14.7. The SMILES string of the molecule is O=C1CCC(Cl)C(Cl)C(Cl)C(Cl)CCCO1. The van der Waals surface area contributed by atoms with Gasteiger partial charge in [0.25, 0.3) is 0 Å². The van der Waals surface area contributed by atoms with Crippen molar-refractivity contribution in [2.45, 2.75) is 47.2 Å². The lowest BCUT2D eigenvalue weighted by molar-refractivity contribution is -0.143. The molecule has 16 heavy (non-hydrogen) atoms. The number of hydrogen-bond donors (Lipinski definition) is 0. The Labute approximate surface area is 116 Å². The fraction of sp³-hybridized carbons (Fsp3) is 0.900. The third kappa shape index (κ3) is 4.48. The van der Waals surface area contributed by atoms with Crippen molar-refractivity contribution in [1.82, 2.24) is 0 Å². The number of cyclic esters (lactones) is 1. The van der Waals surface area contributed by atoms with E-state index in [0.717, 1.165) is 0 Å². The molecule has 4 unspecified atom stereocenters. The van der Waals surface area contributed by atoms with Gasteiger partial charge in [-0.25, -0.2) is 0 Å². The smallest absolute Gasteiger partial charge is 0.305 e. The first-order valence-electron chi connectivity index (χ1n) is 5.24. The van der Waals surface area contributed by atoms with Crippen LogP contribution in [0.4, 0.5) is 0 Å². The third-order valence-corrected chi connectivity index (χ3v) is 5.02. The Balaban J connectivity index is 2.62. The fourth-order valence-electron chi connectivity index (χ4n) is 1.51. The Morgan fingerprint density at radius 1 is 1.00 bits per heavy atom. The Morgan fingerprint density at radius 3 is 2.19 bits per heavy atom. The minimum Gasteiger partial charge on any atom is -0.466 e. The Hall–Kier alpha value is 0.630. The van der Waals surface area contributed by atoms with Gasteiger partial charge in [0, 0.05) is 6.42 Å². The van der Waals surface area contributed by atoms with Crippen LogP contribution >= 0.6 is 46.4 Å². The Kier molecular flexibility index (Phi) is 6.57. The van der Waals surface area contributed by atoms with Crippen molar-refractivity contribution < 1.29 is 9.53 Å². The first-order chi connectivity index (χ1) is 7.52. The molecule has 0 aliphatic carbocycles. The van der Waals surface area contributed by atoms with E-state index >= 15 is 0 Å². The molecule has 0 saturated carbocycles. The van der Waals surface area contributed by atoms with Crippen LogP contribution in [-0.2, 0) is 9.53 Å². The predicted molar refractivity (Wildman–Crippen MR) is 68.0 cm³/mol. The lowest BCUT2D eigenvalue weighted by Crippen LogP contribution is -2.32. The molecule has 0 bridgehead atoms. The zero-order valence-electron chi connectivity index (χ0n) is 8.67. The molecule has 0 aromatic rings. The highest BCUT2D eigenvalue weighted by atomic mass is 35.5. The monoisotopic (exact) mass is 306 g/mol. The zero-order valence-corrected chi connectivity index (χ0v) is 11.7. The van der Waals surface area contributed by atoms with E-state index in [0.29, 0.717) is 25.9 Å². The van der Waals surface area contributed by atoms with Crippen molar-refractivity contribution in [3.05, 3.63) is 0 Å². The van der Waals surface area contributed by atoms with Crippen LogP contribution in [0.25, 0.3) is 0 Å². The summed E-state index contributed by atoms with van der Waals surface area (Å²) in [5.41, 5.74) is 0. The predicted octanol–water partition coefficient (Wildman–Crippen LogP) is 3.53. The van der Waals surface area contributed by atoms with Gasteiger partial charge < -0.3 is 4.74 Å². The minimum atomic E-state index is -0.434. The van der Waals surface area contributed by atoms with Gasteiger partial charge in [0.15, 0.2) is 0 Å². The number of rotatable bonds is 0. The van der Waals surface area contributed by atoms with Gasteiger partial charge in [0.2, 0.25) is 0 Å². The Morgan fingerprint density at radius 2 is 1.56 bits per heavy atom. The summed E-state index contributed by atoms with van der Waals surface area (Å²) in [6, 6.07) is 0. The summed E-state index contributed by atoms with van der Waals surface area (Å²) in [5.74, 6) is -0.242. The summed E-state index contributed by atoms with van der Waals surface area (Å²) >= 11 is 24.4. The van der Waals surface area contributed by atoms with Crippen molar-refractivity contribution >= 4 is 52.4 Å². The van der Waals surface area contributed by atoms with E-state index in [4.69, 9.17) is 51.1 Å². The summed E-state index contributed by atoms with van der Waals surface area (Å²) in [6.07, 6.45) is 2.09. The average Bonchev–Trinajstić information content (AvgIpc) is 2.29. The molecule has 1 saturated heterocycles. The van der Waals surface area contributed by atoms with Crippen molar-refractivity contribution in [3.8, 4) is 0 Å². The highest BCUT2D eigenvalue weighted by Gasteiger charge is 2.31. The number of ether oxygens (including phenoxy) is 1. The average molecular weight is 308 g/mol. The van der Waals surface area contributed by atoms with Gasteiger partial charge in [-0.1, -0.05) is 0 Å². The van der Waals surface area contributed by atoms with E-state index in [-0.39, 0.29) is 28.5 Å². The molecule has 2 nitrogen and oxygen atoms in total. The molecule has 0 spiro atoms. The maximum Gasteiger partial charge on any atom is 0.305 e. The van der Waals surface area contributed by atoms with Crippen LogP contribution in [0, 0.1) is 0 Å². The molecule has 0 aromatic carbocycles. The van der Waals surface area contributed by atoms with Crippen molar-refractivity contribution in [2.75, 3.05) is 6.61 Å². The topological polar surface area (TPSA) is 26.3 Å². The molecule has 0 N–H and O–H groups in total. The maximum absolute atomic E-state index is 11.2. The number of carbonyl (C=O) groups is 1. The molecule has 1 heterocycles. The van der Waals surface area contributed by atoms with Crippen LogP contribution in [0.1, 0.15) is 25.7 Å². The van der Waals surface area contributed by atoms with E-state index in [2.05, 4.69) is 0 Å². The fourth-order valence-corrected chi connectivity index (χ4v) is 2.84. The third-order valence-electron chi connectivity index (χ3n) is 2.51. The molecule has 1 aliphatic heterocycles. The number of carbonyl (C=O) groups excluding carboxylic acids is 1. The minimum absolute atomic E-state index is 0.242. The van der Waals surface area contributed by atoms with Gasteiger partial charge in [-0.3, -0.25) is 4.79 Å². The number of esters is 1. The van der Waals surface area contributed by atoms with E-state index in [1.54, 1.807) is 0 Å². The quantitative estimate of drug-likeness (QED) is 0.505. The molecule has 4 atom stereocenters. The molecule has 94 valence electrons. The van der Waals surface area contributed by atoms with Gasteiger partial charge in [-0.2, -0.15) is 0 Å². The molecule has 0 aromatic heterocycles.